The Morgan fingerprint density at radius 3 is 2.70 bits per heavy atom. The number of hydrogen-bond donors (Lipinski definition) is 1. The molecule has 1 aliphatic heterocycles. The summed E-state index contributed by atoms with van der Waals surface area (Å²) in [7, 11) is 0. The lowest BCUT2D eigenvalue weighted by Gasteiger charge is -2.22. The third-order valence-corrected chi connectivity index (χ3v) is 3.43. The van der Waals surface area contributed by atoms with Crippen molar-refractivity contribution in [1.82, 2.24) is 14.7 Å². The minimum atomic E-state index is -0.331. The maximum Gasteiger partial charge on any atom is 0.263 e. The molecule has 0 fully saturated rings. The smallest absolute Gasteiger partial charge is 0.263 e. The molecule has 0 radical (unpaired) electrons. The third-order valence-electron chi connectivity index (χ3n) is 3.43. The molecule has 3 rings (SSSR count). The number of nitrogen functional groups attached to an aromatic ring is 1. The van der Waals surface area contributed by atoms with Crippen LogP contribution in [0.4, 0.5) is 5.69 Å². The summed E-state index contributed by atoms with van der Waals surface area (Å²) in [6.07, 6.45) is 3.45. The normalized spacial score (nSPS) is 15.6. The zero-order chi connectivity index (χ0) is 14.3. The summed E-state index contributed by atoms with van der Waals surface area (Å²) in [6, 6.07) is 6.45. The summed E-state index contributed by atoms with van der Waals surface area (Å²) in [5, 5.41) is 4.09. The summed E-state index contributed by atoms with van der Waals surface area (Å²) >= 11 is 0. The molecule has 1 atom stereocenters. The van der Waals surface area contributed by atoms with Gasteiger partial charge in [-0.1, -0.05) is 6.07 Å². The molecule has 0 saturated carbocycles. The van der Waals surface area contributed by atoms with Crippen molar-refractivity contribution in [3.63, 3.8) is 0 Å². The Morgan fingerprint density at radius 2 is 2.05 bits per heavy atom. The predicted molar refractivity (Wildman–Crippen MR) is 73.0 cm³/mol. The molecule has 0 bridgehead atoms. The molecule has 0 spiro atoms. The number of rotatable bonds is 3. The number of nitrogens with two attached hydrogens (primary N) is 1. The standard InChI is InChI=1S/C14H14N4O2/c1-9(8-17-7-3-6-16-17)18-13(19)10-4-2-5-11(15)12(10)14(18)20/h2-7,9H,8,15H2,1H3. The van der Waals surface area contributed by atoms with E-state index in [-0.39, 0.29) is 17.9 Å². The lowest BCUT2D eigenvalue weighted by molar-refractivity contribution is 0.0581. The largest absolute Gasteiger partial charge is 0.398 e. The van der Waals surface area contributed by atoms with Crippen LogP contribution in [0.5, 0.6) is 0 Å². The van der Waals surface area contributed by atoms with Crippen LogP contribution in [-0.2, 0) is 6.54 Å². The van der Waals surface area contributed by atoms with Crippen molar-refractivity contribution in [3.05, 3.63) is 47.8 Å². The zero-order valence-electron chi connectivity index (χ0n) is 11.0. The summed E-state index contributed by atoms with van der Waals surface area (Å²) in [4.78, 5) is 26.0. The second-order valence-corrected chi connectivity index (χ2v) is 4.83. The SMILES string of the molecule is CC(Cn1cccn1)N1C(=O)c2cccc(N)c2C1=O. The Bertz CT molecular complexity index is 678. The van der Waals surface area contributed by atoms with Crippen LogP contribution >= 0.6 is 0 Å². The number of fused-ring (bicyclic) bond motifs is 1. The Kier molecular flexibility index (Phi) is 2.78. The van der Waals surface area contributed by atoms with Crippen LogP contribution in [0, 0.1) is 0 Å². The van der Waals surface area contributed by atoms with E-state index in [0.717, 1.165) is 0 Å². The van der Waals surface area contributed by atoms with E-state index in [1.807, 2.05) is 6.92 Å². The number of carbonyl (C=O) groups is 2. The highest BCUT2D eigenvalue weighted by Gasteiger charge is 2.39. The van der Waals surface area contributed by atoms with E-state index in [0.29, 0.717) is 23.4 Å². The highest BCUT2D eigenvalue weighted by Crippen LogP contribution is 2.29. The van der Waals surface area contributed by atoms with Crippen molar-refractivity contribution in [2.75, 3.05) is 5.73 Å². The maximum atomic E-state index is 12.4. The molecule has 6 nitrogen and oxygen atoms in total. The van der Waals surface area contributed by atoms with Crippen LogP contribution in [0.3, 0.4) is 0 Å². The van der Waals surface area contributed by atoms with E-state index in [4.69, 9.17) is 5.73 Å². The van der Waals surface area contributed by atoms with Gasteiger partial charge in [0.05, 0.1) is 23.7 Å². The fraction of sp³-hybridized carbons (Fsp3) is 0.214. The Balaban J connectivity index is 1.91. The van der Waals surface area contributed by atoms with Gasteiger partial charge in [-0.2, -0.15) is 5.10 Å². The van der Waals surface area contributed by atoms with Gasteiger partial charge in [-0.15, -0.1) is 0 Å². The molecule has 20 heavy (non-hydrogen) atoms. The van der Waals surface area contributed by atoms with Gasteiger partial charge >= 0.3 is 0 Å². The Labute approximate surface area is 115 Å². The van der Waals surface area contributed by atoms with Gasteiger partial charge in [-0.3, -0.25) is 19.2 Å². The van der Waals surface area contributed by atoms with Gasteiger partial charge in [0.15, 0.2) is 0 Å². The van der Waals surface area contributed by atoms with E-state index in [2.05, 4.69) is 5.10 Å². The lowest BCUT2D eigenvalue weighted by Crippen LogP contribution is -2.40. The number of hydrogen-bond acceptors (Lipinski definition) is 4. The molecule has 1 unspecified atom stereocenters. The highest BCUT2D eigenvalue weighted by molar-refractivity contribution is 6.23. The second kappa shape index (κ2) is 4.48. The van der Waals surface area contributed by atoms with Crippen LogP contribution in [0.1, 0.15) is 27.6 Å². The summed E-state index contributed by atoms with van der Waals surface area (Å²) in [6.45, 7) is 2.28. The van der Waals surface area contributed by atoms with E-state index in [1.165, 1.54) is 4.90 Å². The van der Waals surface area contributed by atoms with Crippen LogP contribution in [0.25, 0.3) is 0 Å². The molecule has 0 aliphatic carbocycles. The molecule has 2 heterocycles. The average Bonchev–Trinajstić information content (AvgIpc) is 2.98. The van der Waals surface area contributed by atoms with Gasteiger partial charge in [0.2, 0.25) is 0 Å². The van der Waals surface area contributed by atoms with Crippen molar-refractivity contribution in [2.45, 2.75) is 19.5 Å². The molecule has 2 aromatic rings. The maximum absolute atomic E-state index is 12.4. The quantitative estimate of drug-likeness (QED) is 0.670. The predicted octanol–water partition coefficient (Wildman–Crippen LogP) is 1.15. The van der Waals surface area contributed by atoms with Gasteiger partial charge < -0.3 is 5.73 Å². The minimum absolute atomic E-state index is 0.290. The van der Waals surface area contributed by atoms with Crippen molar-refractivity contribution in [3.8, 4) is 0 Å². The summed E-state index contributed by atoms with van der Waals surface area (Å²) < 4.78 is 1.69. The summed E-state index contributed by atoms with van der Waals surface area (Å²) in [5.74, 6) is -0.625. The molecule has 102 valence electrons. The Morgan fingerprint density at radius 1 is 1.25 bits per heavy atom. The average molecular weight is 270 g/mol. The van der Waals surface area contributed by atoms with E-state index in [9.17, 15) is 9.59 Å². The number of nitrogens with zero attached hydrogens (tertiary/aromatic N) is 3. The molecular weight excluding hydrogens is 256 g/mol. The number of imide groups is 1. The molecular formula is C14H14N4O2. The van der Waals surface area contributed by atoms with E-state index < -0.39 is 0 Å². The van der Waals surface area contributed by atoms with Gasteiger partial charge in [0.25, 0.3) is 11.8 Å². The summed E-state index contributed by atoms with van der Waals surface area (Å²) in [5.41, 5.74) is 6.84. The van der Waals surface area contributed by atoms with Crippen LogP contribution < -0.4 is 5.73 Å². The first-order chi connectivity index (χ1) is 9.59. The van der Waals surface area contributed by atoms with Gasteiger partial charge in [0, 0.05) is 18.1 Å². The van der Waals surface area contributed by atoms with Gasteiger partial charge in [0.1, 0.15) is 0 Å². The van der Waals surface area contributed by atoms with E-state index in [1.54, 1.807) is 41.3 Å². The lowest BCUT2D eigenvalue weighted by atomic mass is 10.1. The van der Waals surface area contributed by atoms with Crippen molar-refractivity contribution < 1.29 is 9.59 Å². The first kappa shape index (κ1) is 12.4. The highest BCUT2D eigenvalue weighted by atomic mass is 16.2. The second-order valence-electron chi connectivity index (χ2n) is 4.83. The fourth-order valence-electron chi connectivity index (χ4n) is 2.49. The first-order valence-electron chi connectivity index (χ1n) is 6.33. The topological polar surface area (TPSA) is 81.2 Å². The Hall–Kier alpha value is -2.63. The minimum Gasteiger partial charge on any atom is -0.398 e. The molecule has 2 N–H and O–H groups in total. The van der Waals surface area contributed by atoms with Crippen LogP contribution in [0.15, 0.2) is 36.7 Å². The van der Waals surface area contributed by atoms with Crippen molar-refractivity contribution in [1.29, 1.82) is 0 Å². The first-order valence-corrected chi connectivity index (χ1v) is 6.33. The molecule has 1 aromatic heterocycles. The number of aromatic nitrogens is 2. The zero-order valence-corrected chi connectivity index (χ0v) is 11.0. The van der Waals surface area contributed by atoms with Crippen LogP contribution in [-0.4, -0.2) is 32.5 Å². The molecule has 2 amide bonds. The number of benzene rings is 1. The number of amides is 2. The molecule has 1 aromatic carbocycles. The molecule has 6 heteroatoms. The number of carbonyl (C=O) groups excluding carboxylic acids is 2. The van der Waals surface area contributed by atoms with Crippen LogP contribution in [0.2, 0.25) is 0 Å². The van der Waals surface area contributed by atoms with Gasteiger partial charge in [-0.25, -0.2) is 0 Å². The number of anilines is 1. The fourth-order valence-corrected chi connectivity index (χ4v) is 2.49. The monoisotopic (exact) mass is 270 g/mol. The van der Waals surface area contributed by atoms with Gasteiger partial charge in [-0.05, 0) is 25.1 Å². The van der Waals surface area contributed by atoms with Crippen molar-refractivity contribution in [2.24, 2.45) is 0 Å². The molecule has 0 saturated heterocycles. The third kappa shape index (κ3) is 1.77. The van der Waals surface area contributed by atoms with Crippen molar-refractivity contribution >= 4 is 17.5 Å². The molecule has 1 aliphatic rings. The van der Waals surface area contributed by atoms with E-state index >= 15 is 0 Å².